The van der Waals surface area contributed by atoms with Gasteiger partial charge in [0, 0.05) is 58.8 Å². The number of cyclic esters (lactones) is 2. The number of ether oxygens (including phenoxy) is 10. The monoisotopic (exact) mass is 866 g/mol. The zero-order chi connectivity index (χ0) is 45.3. The van der Waals surface area contributed by atoms with Crippen molar-refractivity contribution < 1.29 is 91.1 Å². The number of esters is 7. The molecule has 2 unspecified atom stereocenters. The Balaban J connectivity index is 1.11. The van der Waals surface area contributed by atoms with Crippen molar-refractivity contribution in [3.63, 3.8) is 0 Å². The lowest BCUT2D eigenvalue weighted by atomic mass is 9.87. The van der Waals surface area contributed by atoms with E-state index in [-0.39, 0.29) is 62.7 Å². The Bertz CT molecular complexity index is 1940. The SMILES string of the molecule is C=C(CCC1(C)OC(=O)C(/C=C/C=C/C=C2C(=O)OC3(CCC4(CC3)OC(=O)C(=C/C=C/C=C/C3=C(O)OC(C)(CCC(=O)OCC)OC3=O)C(=O)O4)OC2=O)=C(O)O1)OCC. The van der Waals surface area contributed by atoms with E-state index in [0.717, 1.165) is 12.2 Å². The van der Waals surface area contributed by atoms with Gasteiger partial charge in [-0.05, 0) is 38.2 Å². The van der Waals surface area contributed by atoms with Gasteiger partial charge in [-0.25, -0.2) is 28.8 Å². The van der Waals surface area contributed by atoms with Gasteiger partial charge in [-0.2, -0.15) is 0 Å². The summed E-state index contributed by atoms with van der Waals surface area (Å²) in [6, 6.07) is 0. The zero-order valence-corrected chi connectivity index (χ0v) is 34.4. The second kappa shape index (κ2) is 19.1. The first-order chi connectivity index (χ1) is 29.3. The first kappa shape index (κ1) is 46.0. The van der Waals surface area contributed by atoms with Crippen LogP contribution in [0.4, 0.5) is 0 Å². The van der Waals surface area contributed by atoms with Crippen molar-refractivity contribution in [2.45, 2.75) is 102 Å². The van der Waals surface area contributed by atoms with Crippen LogP contribution in [0.2, 0.25) is 0 Å². The number of aliphatic hydroxyl groups excluding tert-OH is 2. The van der Waals surface area contributed by atoms with Crippen molar-refractivity contribution in [1.82, 2.24) is 0 Å². The van der Waals surface area contributed by atoms with Crippen molar-refractivity contribution in [2.75, 3.05) is 13.2 Å². The van der Waals surface area contributed by atoms with Gasteiger partial charge >= 0.3 is 41.8 Å². The first-order valence-electron chi connectivity index (χ1n) is 19.5. The van der Waals surface area contributed by atoms with Gasteiger partial charge in [0.15, 0.2) is 0 Å². The van der Waals surface area contributed by atoms with E-state index in [0.29, 0.717) is 18.8 Å². The number of carbonyl (C=O) groups is 7. The van der Waals surface area contributed by atoms with E-state index in [1.54, 1.807) is 13.8 Å². The van der Waals surface area contributed by atoms with Gasteiger partial charge in [-0.1, -0.05) is 43.0 Å². The molecular weight excluding hydrogens is 820 g/mol. The largest absolute Gasteiger partial charge is 0.499 e. The Morgan fingerprint density at radius 3 is 1.32 bits per heavy atom. The van der Waals surface area contributed by atoms with Crippen molar-refractivity contribution in [1.29, 1.82) is 0 Å². The van der Waals surface area contributed by atoms with Crippen molar-refractivity contribution in [3.8, 4) is 0 Å². The number of rotatable bonds is 15. The summed E-state index contributed by atoms with van der Waals surface area (Å²) in [7, 11) is 0. The van der Waals surface area contributed by atoms with Gasteiger partial charge in [0.05, 0.1) is 25.4 Å². The van der Waals surface area contributed by atoms with Crippen molar-refractivity contribution in [3.05, 3.63) is 107 Å². The van der Waals surface area contributed by atoms with E-state index in [4.69, 9.17) is 47.4 Å². The summed E-state index contributed by atoms with van der Waals surface area (Å²) in [5.41, 5.74) is -1.48. The molecule has 4 heterocycles. The van der Waals surface area contributed by atoms with E-state index >= 15 is 0 Å². The summed E-state index contributed by atoms with van der Waals surface area (Å²) in [6.45, 7) is 10.7. The molecule has 0 amide bonds. The van der Waals surface area contributed by atoms with Gasteiger partial charge in [0.2, 0.25) is 0 Å². The highest BCUT2D eigenvalue weighted by molar-refractivity contribution is 6.16. The third-order valence-corrected chi connectivity index (χ3v) is 9.70. The lowest BCUT2D eigenvalue weighted by Crippen LogP contribution is -2.56. The Hall–Kier alpha value is -7.05. The molecule has 1 aliphatic carbocycles. The van der Waals surface area contributed by atoms with Gasteiger partial charge in [0.25, 0.3) is 35.0 Å². The maximum absolute atomic E-state index is 12.9. The maximum Gasteiger partial charge on any atom is 0.348 e. The van der Waals surface area contributed by atoms with E-state index < -0.39 is 88.0 Å². The molecule has 2 atom stereocenters. The average molecular weight is 867 g/mol. The molecule has 0 bridgehead atoms. The standard InChI is InChI=1S/C43H46O19/c1-6-53-26(3)18-20-40(4)55-32(45)27(33(46)56-40)14-10-8-12-16-29-36(49)59-42(60-37(29)50)22-24-43(25-23-42)61-38(51)30(39(52)62-43)17-13-9-11-15-28-34(47)57-41(5,58-35(28)48)21-19-31(44)54-7-2/h8-17,45,47H,3,6-7,18-25H2,1-2,4-5H3/b12-8+,13-9+,14-10+,15-11+,29-16?,30-17?. The quantitative estimate of drug-likeness (QED) is 0.0547. The summed E-state index contributed by atoms with van der Waals surface area (Å²) in [5, 5.41) is 20.7. The smallest absolute Gasteiger partial charge is 0.348 e. The van der Waals surface area contributed by atoms with Crippen LogP contribution in [0.15, 0.2) is 107 Å². The summed E-state index contributed by atoms with van der Waals surface area (Å²) in [4.78, 5) is 88.4. The molecule has 0 aromatic carbocycles. The fourth-order valence-electron chi connectivity index (χ4n) is 6.46. The molecule has 19 nitrogen and oxygen atoms in total. The van der Waals surface area contributed by atoms with E-state index in [1.807, 2.05) is 0 Å². The number of carbonyl (C=O) groups excluding carboxylic acids is 7. The highest BCUT2D eigenvalue weighted by Gasteiger charge is 2.57. The predicted molar refractivity (Wildman–Crippen MR) is 207 cm³/mol. The molecule has 4 aliphatic heterocycles. The summed E-state index contributed by atoms with van der Waals surface area (Å²) in [6.07, 6.45) is 12.2. The maximum atomic E-state index is 12.9. The van der Waals surface area contributed by atoms with Crippen LogP contribution in [-0.4, -0.2) is 88.4 Å². The summed E-state index contributed by atoms with van der Waals surface area (Å²) >= 11 is 0. The Morgan fingerprint density at radius 1 is 0.565 bits per heavy atom. The molecule has 19 heteroatoms. The first-order valence-corrected chi connectivity index (χ1v) is 19.5. The molecule has 3 fully saturated rings. The highest BCUT2D eigenvalue weighted by atomic mass is 16.8. The third-order valence-electron chi connectivity index (χ3n) is 9.70. The third kappa shape index (κ3) is 11.2. The lowest BCUT2D eigenvalue weighted by Gasteiger charge is -2.45. The van der Waals surface area contributed by atoms with Crippen LogP contribution in [0.3, 0.4) is 0 Å². The fourth-order valence-corrected chi connectivity index (χ4v) is 6.46. The zero-order valence-electron chi connectivity index (χ0n) is 34.4. The molecule has 1 saturated carbocycles. The summed E-state index contributed by atoms with van der Waals surface area (Å²) in [5.74, 6) is -13.6. The van der Waals surface area contributed by atoms with E-state index in [2.05, 4.69) is 6.58 Å². The van der Waals surface area contributed by atoms with Crippen LogP contribution in [0.1, 0.15) is 79.1 Å². The molecule has 0 aromatic heterocycles. The minimum Gasteiger partial charge on any atom is -0.499 e. The van der Waals surface area contributed by atoms with E-state index in [1.165, 1.54) is 62.5 Å². The summed E-state index contributed by atoms with van der Waals surface area (Å²) < 4.78 is 53.5. The van der Waals surface area contributed by atoms with Crippen LogP contribution in [0, 0.1) is 0 Å². The number of allylic oxidation sites excluding steroid dienone is 9. The van der Waals surface area contributed by atoms with Gasteiger partial charge in [0.1, 0.15) is 22.3 Å². The van der Waals surface area contributed by atoms with Crippen LogP contribution in [-0.2, 0) is 80.9 Å². The van der Waals surface area contributed by atoms with Crippen LogP contribution < -0.4 is 0 Å². The molecule has 2 spiro atoms. The minimum absolute atomic E-state index is 0.0681. The Kier molecular flexibility index (Phi) is 14.2. The second-order valence-corrected chi connectivity index (χ2v) is 14.5. The molecule has 0 aromatic rings. The fraction of sp³-hybridized carbons (Fsp3) is 0.419. The lowest BCUT2D eigenvalue weighted by molar-refractivity contribution is -0.291. The minimum atomic E-state index is -1.71. The molecule has 0 radical (unpaired) electrons. The molecule has 5 aliphatic rings. The molecule has 2 saturated heterocycles. The molecular formula is C43H46O19. The predicted octanol–water partition coefficient (Wildman–Crippen LogP) is 5.02. The molecule has 5 rings (SSSR count). The van der Waals surface area contributed by atoms with Crippen molar-refractivity contribution >= 4 is 41.8 Å². The second-order valence-electron chi connectivity index (χ2n) is 14.5. The topological polar surface area (TPSA) is 252 Å². The van der Waals surface area contributed by atoms with Gasteiger partial charge in [-0.3, -0.25) is 4.79 Å². The highest BCUT2D eigenvalue weighted by Crippen LogP contribution is 2.45. The van der Waals surface area contributed by atoms with Crippen LogP contribution in [0.5, 0.6) is 0 Å². The van der Waals surface area contributed by atoms with Crippen LogP contribution in [0.25, 0.3) is 0 Å². The molecule has 2 N–H and O–H groups in total. The normalized spacial score (nSPS) is 27.8. The Labute approximate surface area is 355 Å². The number of aliphatic hydroxyl groups is 2. The van der Waals surface area contributed by atoms with Gasteiger partial charge in [-0.15, -0.1) is 0 Å². The van der Waals surface area contributed by atoms with E-state index in [9.17, 15) is 43.8 Å². The van der Waals surface area contributed by atoms with Crippen LogP contribution >= 0.6 is 0 Å². The number of hydrogen-bond acceptors (Lipinski definition) is 19. The van der Waals surface area contributed by atoms with Crippen molar-refractivity contribution in [2.24, 2.45) is 0 Å². The molecule has 62 heavy (non-hydrogen) atoms. The van der Waals surface area contributed by atoms with Gasteiger partial charge < -0.3 is 57.6 Å². The molecule has 332 valence electrons. The average Bonchev–Trinajstić information content (AvgIpc) is 3.18. The number of hydrogen-bond donors (Lipinski definition) is 2. The Morgan fingerprint density at radius 2 is 0.952 bits per heavy atom.